The number of sulfone groups is 1. The van der Waals surface area contributed by atoms with Crippen molar-refractivity contribution in [1.82, 2.24) is 20.2 Å². The van der Waals surface area contributed by atoms with Crippen LogP contribution in [-0.2, 0) is 16.4 Å². The summed E-state index contributed by atoms with van der Waals surface area (Å²) in [5, 5.41) is 3.25. The largest absolute Gasteiger partial charge is 0.492 e. The second-order valence-corrected chi connectivity index (χ2v) is 9.05. The Hall–Kier alpha value is -3.33. The van der Waals surface area contributed by atoms with Crippen LogP contribution in [0, 0.1) is 0 Å². The summed E-state index contributed by atoms with van der Waals surface area (Å²) >= 11 is 0. The van der Waals surface area contributed by atoms with Crippen LogP contribution >= 0.6 is 0 Å². The normalized spacial score (nSPS) is 11.9. The summed E-state index contributed by atoms with van der Waals surface area (Å²) in [6, 6.07) is 16.4. The van der Waals surface area contributed by atoms with Gasteiger partial charge in [0, 0.05) is 20.4 Å². The summed E-state index contributed by atoms with van der Waals surface area (Å²) in [7, 11) is 0.453. The van der Waals surface area contributed by atoms with Crippen molar-refractivity contribution in [3.05, 3.63) is 66.6 Å². The number of imidazole rings is 1. The van der Waals surface area contributed by atoms with E-state index in [1.54, 1.807) is 19.2 Å². The van der Waals surface area contributed by atoms with Crippen LogP contribution in [0.2, 0.25) is 0 Å². The lowest BCUT2D eigenvalue weighted by Gasteiger charge is -2.21. The first-order valence-electron chi connectivity index (χ1n) is 9.81. The highest BCUT2D eigenvalue weighted by Crippen LogP contribution is 2.17. The molecule has 0 bridgehead atoms. The van der Waals surface area contributed by atoms with E-state index in [1.165, 1.54) is 18.4 Å². The monoisotopic (exact) mass is 441 g/mol. The Labute approximate surface area is 182 Å². The molecule has 3 aromatic rings. The first-order valence-corrected chi connectivity index (χ1v) is 11.7. The molecule has 0 spiro atoms. The van der Waals surface area contributed by atoms with Gasteiger partial charge in [-0.1, -0.05) is 30.3 Å². The number of nitrogens with one attached hydrogen (secondary N) is 2. The van der Waals surface area contributed by atoms with E-state index in [9.17, 15) is 8.42 Å². The summed E-state index contributed by atoms with van der Waals surface area (Å²) < 4.78 is 28.7. The number of aromatic nitrogens is 2. The summed E-state index contributed by atoms with van der Waals surface area (Å²) in [5.41, 5.74) is 2.07. The highest BCUT2D eigenvalue weighted by molar-refractivity contribution is 7.90. The molecule has 0 saturated heterocycles. The Morgan fingerprint density at radius 3 is 2.52 bits per heavy atom. The molecule has 0 saturated carbocycles. The molecular weight excluding hydrogens is 414 g/mol. The molecule has 31 heavy (non-hydrogen) atoms. The molecule has 0 amide bonds. The van der Waals surface area contributed by atoms with Crippen molar-refractivity contribution < 1.29 is 13.2 Å². The Morgan fingerprint density at radius 2 is 1.87 bits per heavy atom. The summed E-state index contributed by atoms with van der Waals surface area (Å²) in [5.74, 6) is 2.17. The Balaban J connectivity index is 1.47. The van der Waals surface area contributed by atoms with E-state index < -0.39 is 9.84 Å². The third kappa shape index (κ3) is 6.32. The van der Waals surface area contributed by atoms with Crippen molar-refractivity contribution in [2.24, 2.45) is 4.99 Å². The zero-order valence-electron chi connectivity index (χ0n) is 17.9. The lowest BCUT2D eigenvalue weighted by atomic mass is 10.2. The minimum absolute atomic E-state index is 0.272. The van der Waals surface area contributed by atoms with Crippen LogP contribution in [0.25, 0.3) is 11.3 Å². The molecule has 2 aromatic carbocycles. The van der Waals surface area contributed by atoms with Gasteiger partial charge in [0.2, 0.25) is 0 Å². The zero-order chi connectivity index (χ0) is 22.3. The van der Waals surface area contributed by atoms with Gasteiger partial charge in [0.25, 0.3) is 0 Å². The molecular formula is C22H27N5O3S. The molecule has 9 heteroatoms. The number of hydrogen-bond donors (Lipinski definition) is 2. The molecule has 0 atom stereocenters. The maximum atomic E-state index is 11.5. The van der Waals surface area contributed by atoms with Crippen molar-refractivity contribution in [3.8, 4) is 17.0 Å². The van der Waals surface area contributed by atoms with Crippen LogP contribution in [0.3, 0.4) is 0 Å². The van der Waals surface area contributed by atoms with E-state index in [2.05, 4.69) is 20.3 Å². The van der Waals surface area contributed by atoms with Crippen LogP contribution in [-0.4, -0.2) is 62.7 Å². The summed E-state index contributed by atoms with van der Waals surface area (Å²) in [6.45, 7) is 1.52. The fourth-order valence-corrected chi connectivity index (χ4v) is 3.64. The molecule has 3 rings (SSSR count). The minimum Gasteiger partial charge on any atom is -0.492 e. The number of ether oxygens (including phenoxy) is 1. The van der Waals surface area contributed by atoms with Gasteiger partial charge in [-0.05, 0) is 29.8 Å². The minimum atomic E-state index is -3.21. The molecule has 8 nitrogen and oxygen atoms in total. The second-order valence-electron chi connectivity index (χ2n) is 7.03. The first kappa shape index (κ1) is 22.4. The molecule has 0 aliphatic rings. The van der Waals surface area contributed by atoms with E-state index >= 15 is 0 Å². The fraction of sp³-hybridized carbons (Fsp3) is 0.273. The van der Waals surface area contributed by atoms with Gasteiger partial charge in [0.1, 0.15) is 18.2 Å². The number of aromatic amines is 1. The van der Waals surface area contributed by atoms with Gasteiger partial charge in [-0.2, -0.15) is 0 Å². The van der Waals surface area contributed by atoms with E-state index in [0.29, 0.717) is 31.4 Å². The fourth-order valence-electron chi connectivity index (χ4n) is 3.01. The lowest BCUT2D eigenvalue weighted by molar-refractivity contribution is 0.318. The first-order chi connectivity index (χ1) is 14.9. The van der Waals surface area contributed by atoms with Crippen LogP contribution in [0.1, 0.15) is 5.82 Å². The standard InChI is InChI=1S/C22H27N5O3S/c1-23-22(24-13-14-30-18-9-11-19(12-10-18)31(3,28)29)27(2)16-21-25-15-20(26-21)17-7-5-4-6-8-17/h4-12,15H,13-14,16H2,1-3H3,(H,23,24)(H,25,26). The Kier molecular flexibility index (Phi) is 7.30. The van der Waals surface area contributed by atoms with Gasteiger partial charge in [0.05, 0.1) is 29.9 Å². The van der Waals surface area contributed by atoms with Crippen LogP contribution in [0.4, 0.5) is 0 Å². The number of hydrogen-bond acceptors (Lipinski definition) is 5. The number of guanidine groups is 1. The molecule has 0 unspecified atom stereocenters. The van der Waals surface area contributed by atoms with Gasteiger partial charge in [-0.3, -0.25) is 4.99 Å². The molecule has 164 valence electrons. The number of H-pyrrole nitrogens is 1. The predicted octanol–water partition coefficient (Wildman–Crippen LogP) is 2.57. The van der Waals surface area contributed by atoms with Crippen LogP contribution < -0.4 is 10.1 Å². The Bertz CT molecular complexity index is 1110. The molecule has 2 N–H and O–H groups in total. The van der Waals surface area contributed by atoms with Crippen molar-refractivity contribution >= 4 is 15.8 Å². The van der Waals surface area contributed by atoms with Gasteiger partial charge in [-0.25, -0.2) is 13.4 Å². The number of rotatable bonds is 8. The van der Waals surface area contributed by atoms with E-state index in [4.69, 9.17) is 4.74 Å². The van der Waals surface area contributed by atoms with Crippen molar-refractivity contribution in [3.63, 3.8) is 0 Å². The predicted molar refractivity (Wildman–Crippen MR) is 122 cm³/mol. The molecule has 1 heterocycles. The number of aliphatic imine (C=N–C) groups is 1. The maximum absolute atomic E-state index is 11.5. The second kappa shape index (κ2) is 10.1. The van der Waals surface area contributed by atoms with Gasteiger partial charge >= 0.3 is 0 Å². The molecule has 1 aromatic heterocycles. The topological polar surface area (TPSA) is 99.7 Å². The van der Waals surface area contributed by atoms with Crippen molar-refractivity contribution in [2.45, 2.75) is 11.4 Å². The zero-order valence-corrected chi connectivity index (χ0v) is 18.7. The van der Waals surface area contributed by atoms with E-state index in [0.717, 1.165) is 17.1 Å². The van der Waals surface area contributed by atoms with Gasteiger partial charge in [0.15, 0.2) is 15.8 Å². The third-order valence-corrected chi connectivity index (χ3v) is 5.71. The lowest BCUT2D eigenvalue weighted by Crippen LogP contribution is -2.40. The summed E-state index contributed by atoms with van der Waals surface area (Å²) in [4.78, 5) is 14.3. The molecule has 0 aliphatic carbocycles. The summed E-state index contributed by atoms with van der Waals surface area (Å²) in [6.07, 6.45) is 3.01. The quantitative estimate of drug-likeness (QED) is 0.317. The number of nitrogens with zero attached hydrogens (tertiary/aromatic N) is 3. The molecule has 0 aliphatic heterocycles. The Morgan fingerprint density at radius 1 is 1.16 bits per heavy atom. The highest BCUT2D eigenvalue weighted by atomic mass is 32.2. The average Bonchev–Trinajstić information content (AvgIpc) is 3.22. The van der Waals surface area contributed by atoms with Crippen molar-refractivity contribution in [1.29, 1.82) is 0 Å². The van der Waals surface area contributed by atoms with E-state index in [-0.39, 0.29) is 4.90 Å². The smallest absolute Gasteiger partial charge is 0.193 e. The van der Waals surface area contributed by atoms with Crippen LogP contribution in [0.15, 0.2) is 70.7 Å². The molecule has 0 fully saturated rings. The van der Waals surface area contributed by atoms with E-state index in [1.807, 2.05) is 48.5 Å². The highest BCUT2D eigenvalue weighted by Gasteiger charge is 2.10. The van der Waals surface area contributed by atoms with Crippen LogP contribution in [0.5, 0.6) is 5.75 Å². The maximum Gasteiger partial charge on any atom is 0.193 e. The average molecular weight is 442 g/mol. The van der Waals surface area contributed by atoms with Gasteiger partial charge in [-0.15, -0.1) is 0 Å². The van der Waals surface area contributed by atoms with Gasteiger partial charge < -0.3 is 19.9 Å². The van der Waals surface area contributed by atoms with Crippen molar-refractivity contribution in [2.75, 3.05) is 33.5 Å². The molecule has 0 radical (unpaired) electrons. The number of benzene rings is 2. The third-order valence-electron chi connectivity index (χ3n) is 4.58. The SMILES string of the molecule is CN=C(NCCOc1ccc(S(C)(=O)=O)cc1)N(C)Cc1ncc(-c2ccccc2)[nH]1.